The van der Waals surface area contributed by atoms with Gasteiger partial charge >= 0.3 is 18.0 Å². The van der Waals surface area contributed by atoms with Crippen molar-refractivity contribution in [2.24, 2.45) is 17.8 Å². The summed E-state index contributed by atoms with van der Waals surface area (Å²) >= 11 is 0. The Bertz CT molecular complexity index is 756. The first-order valence-corrected chi connectivity index (χ1v) is 12.3. The molecule has 3 amide bonds. The minimum absolute atomic E-state index is 0.0924. The number of nitrogens with one attached hydrogen (secondary N) is 3. The zero-order chi connectivity index (χ0) is 26.8. The van der Waals surface area contributed by atoms with Crippen LogP contribution in [0, 0.1) is 17.8 Å². The van der Waals surface area contributed by atoms with Crippen molar-refractivity contribution in [3.8, 4) is 0 Å². The fourth-order valence-electron chi connectivity index (χ4n) is 3.93. The normalized spacial score (nSPS) is 20.6. The number of carboxylic acid groups (broad SMARTS) is 2. The first-order chi connectivity index (χ1) is 16.2. The molecule has 11 nitrogen and oxygen atoms in total. The van der Waals surface area contributed by atoms with E-state index >= 15 is 0 Å². The lowest BCUT2D eigenvalue weighted by Gasteiger charge is -2.30. The molecule has 3 unspecified atom stereocenters. The zero-order valence-electron chi connectivity index (χ0n) is 21.4. The standard InChI is InChI=1S/C24H41N3O8/c1-6-14(2)19(27-23(34)35-24(3,4)5)21(31)25-13-15-7-9-16(10-8-15)20(30)26-17(22(32)33)11-12-18(28)29/h14-17,19H,6-13H2,1-5H3,(H,25,31)(H,26,30)(H,27,34)(H,28,29)(H,32,33). The SMILES string of the molecule is CCC(C)C(NC(=O)OC(C)(C)C)C(=O)NCC1CCC(C(=O)NC(CCC(=O)O)C(=O)O)CC1. The maximum absolute atomic E-state index is 12.8. The molecule has 0 aromatic heterocycles. The van der Waals surface area contributed by atoms with E-state index in [2.05, 4.69) is 16.0 Å². The van der Waals surface area contributed by atoms with Crippen LogP contribution in [0.5, 0.6) is 0 Å². The maximum atomic E-state index is 12.8. The van der Waals surface area contributed by atoms with Gasteiger partial charge in [0.05, 0.1) is 0 Å². The lowest BCUT2D eigenvalue weighted by molar-refractivity contribution is -0.144. The summed E-state index contributed by atoms with van der Waals surface area (Å²) in [6, 6.07) is -1.96. The molecule has 0 spiro atoms. The van der Waals surface area contributed by atoms with Crippen molar-refractivity contribution in [2.75, 3.05) is 6.54 Å². The van der Waals surface area contributed by atoms with Gasteiger partial charge in [0, 0.05) is 18.9 Å². The molecular weight excluding hydrogens is 458 g/mol. The van der Waals surface area contributed by atoms with Gasteiger partial charge in [0.2, 0.25) is 11.8 Å². The monoisotopic (exact) mass is 499 g/mol. The number of alkyl carbamates (subject to hydrolysis) is 1. The van der Waals surface area contributed by atoms with Crippen LogP contribution in [-0.4, -0.2) is 64.3 Å². The van der Waals surface area contributed by atoms with Gasteiger partial charge in [-0.1, -0.05) is 20.3 Å². The molecule has 5 N–H and O–H groups in total. The predicted octanol–water partition coefficient (Wildman–Crippen LogP) is 2.28. The van der Waals surface area contributed by atoms with Gasteiger partial charge in [-0.2, -0.15) is 0 Å². The van der Waals surface area contributed by atoms with Crippen LogP contribution in [-0.2, 0) is 23.9 Å². The van der Waals surface area contributed by atoms with Gasteiger partial charge in [-0.15, -0.1) is 0 Å². The number of carbonyl (C=O) groups excluding carboxylic acids is 3. The molecule has 0 aromatic rings. The molecule has 0 heterocycles. The van der Waals surface area contributed by atoms with Crippen molar-refractivity contribution < 1.29 is 38.9 Å². The van der Waals surface area contributed by atoms with Crippen molar-refractivity contribution >= 4 is 29.8 Å². The molecule has 35 heavy (non-hydrogen) atoms. The van der Waals surface area contributed by atoms with Crippen molar-refractivity contribution in [1.29, 1.82) is 0 Å². The third-order valence-corrected chi connectivity index (χ3v) is 6.21. The minimum atomic E-state index is -1.26. The Morgan fingerprint density at radius 1 is 1.00 bits per heavy atom. The first-order valence-electron chi connectivity index (χ1n) is 12.3. The summed E-state index contributed by atoms with van der Waals surface area (Å²) < 4.78 is 5.28. The van der Waals surface area contributed by atoms with E-state index in [9.17, 15) is 29.1 Å². The Morgan fingerprint density at radius 2 is 1.60 bits per heavy atom. The van der Waals surface area contributed by atoms with Crippen LogP contribution in [0.1, 0.15) is 79.6 Å². The molecular formula is C24H41N3O8. The van der Waals surface area contributed by atoms with Crippen LogP contribution in [0.4, 0.5) is 4.79 Å². The highest BCUT2D eigenvalue weighted by atomic mass is 16.6. The van der Waals surface area contributed by atoms with Gasteiger partial charge in [-0.3, -0.25) is 14.4 Å². The van der Waals surface area contributed by atoms with Crippen molar-refractivity contribution in [1.82, 2.24) is 16.0 Å². The summed E-state index contributed by atoms with van der Waals surface area (Å²) in [7, 11) is 0. The smallest absolute Gasteiger partial charge is 0.408 e. The number of aliphatic carboxylic acids is 2. The van der Waals surface area contributed by atoms with E-state index in [1.54, 1.807) is 20.8 Å². The van der Waals surface area contributed by atoms with Crippen LogP contribution >= 0.6 is 0 Å². The third kappa shape index (κ3) is 11.4. The largest absolute Gasteiger partial charge is 0.481 e. The zero-order valence-corrected chi connectivity index (χ0v) is 21.4. The van der Waals surface area contributed by atoms with Gasteiger partial charge in [0.15, 0.2) is 0 Å². The summed E-state index contributed by atoms with van der Waals surface area (Å²) in [5, 5.41) is 26.0. The molecule has 0 radical (unpaired) electrons. The number of hydrogen-bond acceptors (Lipinski definition) is 6. The summed E-state index contributed by atoms with van der Waals surface area (Å²) in [4.78, 5) is 59.5. The van der Waals surface area contributed by atoms with Crippen LogP contribution in [0.15, 0.2) is 0 Å². The van der Waals surface area contributed by atoms with E-state index in [4.69, 9.17) is 9.84 Å². The van der Waals surface area contributed by atoms with E-state index in [1.165, 1.54) is 0 Å². The van der Waals surface area contributed by atoms with Crippen molar-refractivity contribution in [3.05, 3.63) is 0 Å². The molecule has 0 bridgehead atoms. The van der Waals surface area contributed by atoms with Gasteiger partial charge in [-0.25, -0.2) is 9.59 Å². The fourth-order valence-corrected chi connectivity index (χ4v) is 3.93. The van der Waals surface area contributed by atoms with Crippen molar-refractivity contribution in [2.45, 2.75) is 97.2 Å². The van der Waals surface area contributed by atoms with Crippen LogP contribution in [0.25, 0.3) is 0 Å². The lowest BCUT2D eigenvalue weighted by atomic mass is 9.81. The van der Waals surface area contributed by atoms with E-state index < -0.39 is 35.7 Å². The van der Waals surface area contributed by atoms with Crippen LogP contribution in [0.3, 0.4) is 0 Å². The van der Waals surface area contributed by atoms with Crippen LogP contribution < -0.4 is 16.0 Å². The number of amides is 3. The number of ether oxygens (including phenoxy) is 1. The molecule has 1 aliphatic rings. The Hall–Kier alpha value is -2.85. The molecule has 0 saturated heterocycles. The van der Waals surface area contributed by atoms with E-state index in [1.807, 2.05) is 13.8 Å². The fraction of sp³-hybridized carbons (Fsp3) is 0.792. The highest BCUT2D eigenvalue weighted by Crippen LogP contribution is 2.29. The Balaban J connectivity index is 2.54. The minimum Gasteiger partial charge on any atom is -0.481 e. The molecule has 1 fully saturated rings. The average Bonchev–Trinajstić information content (AvgIpc) is 2.76. The summed E-state index contributed by atoms with van der Waals surface area (Å²) in [5.74, 6) is -3.33. The molecule has 1 aliphatic carbocycles. The highest BCUT2D eigenvalue weighted by Gasteiger charge is 2.31. The van der Waals surface area contributed by atoms with Gasteiger partial charge < -0.3 is 30.9 Å². The maximum Gasteiger partial charge on any atom is 0.408 e. The average molecular weight is 500 g/mol. The summed E-state index contributed by atoms with van der Waals surface area (Å²) in [6.45, 7) is 9.47. The van der Waals surface area contributed by atoms with E-state index in [-0.39, 0.29) is 42.4 Å². The molecule has 1 rings (SSSR count). The second-order valence-corrected chi connectivity index (χ2v) is 10.3. The van der Waals surface area contributed by atoms with Crippen LogP contribution in [0.2, 0.25) is 0 Å². The quantitative estimate of drug-likeness (QED) is 0.272. The van der Waals surface area contributed by atoms with Gasteiger partial charge in [0.25, 0.3) is 0 Å². The molecule has 11 heteroatoms. The number of carboxylic acids is 2. The number of hydrogen-bond donors (Lipinski definition) is 5. The Morgan fingerprint density at radius 3 is 2.09 bits per heavy atom. The molecule has 0 aliphatic heterocycles. The molecule has 0 aromatic carbocycles. The Kier molecular flexibility index (Phi) is 12.0. The van der Waals surface area contributed by atoms with Crippen molar-refractivity contribution in [3.63, 3.8) is 0 Å². The van der Waals surface area contributed by atoms with Gasteiger partial charge in [0.1, 0.15) is 17.7 Å². The van der Waals surface area contributed by atoms with E-state index in [0.29, 0.717) is 38.6 Å². The van der Waals surface area contributed by atoms with Gasteiger partial charge in [-0.05, 0) is 64.7 Å². The topological polar surface area (TPSA) is 171 Å². The molecule has 3 atom stereocenters. The number of carbonyl (C=O) groups is 5. The predicted molar refractivity (Wildman–Crippen MR) is 128 cm³/mol. The highest BCUT2D eigenvalue weighted by molar-refractivity contribution is 5.86. The summed E-state index contributed by atoms with van der Waals surface area (Å²) in [6.07, 6.45) is 1.98. The Labute approximate surface area is 206 Å². The third-order valence-electron chi connectivity index (χ3n) is 6.21. The first kappa shape index (κ1) is 30.2. The second-order valence-electron chi connectivity index (χ2n) is 10.3. The lowest BCUT2D eigenvalue weighted by Crippen LogP contribution is -2.52. The number of rotatable bonds is 12. The molecule has 1 saturated carbocycles. The summed E-state index contributed by atoms with van der Waals surface area (Å²) in [5.41, 5.74) is -0.674. The second kappa shape index (κ2) is 13.9. The molecule has 200 valence electrons. The van der Waals surface area contributed by atoms with E-state index in [0.717, 1.165) is 0 Å².